The van der Waals surface area contributed by atoms with Crippen LogP contribution in [0.2, 0.25) is 0 Å². The summed E-state index contributed by atoms with van der Waals surface area (Å²) in [5.74, 6) is 0.945. The van der Waals surface area contributed by atoms with Gasteiger partial charge in [0, 0.05) is 0 Å². The molecule has 0 unspecified atom stereocenters. The molecule has 3 radical (unpaired) electrons. The van der Waals surface area contributed by atoms with E-state index >= 15 is 0 Å². The van der Waals surface area contributed by atoms with Gasteiger partial charge in [0.05, 0.1) is 20.4 Å². The second-order valence-electron chi connectivity index (χ2n) is 2.05. The molecule has 0 heterocycles. The summed E-state index contributed by atoms with van der Waals surface area (Å²) in [6.45, 7) is 2.70. The topological polar surface area (TPSA) is 9.23 Å². The molecule has 0 saturated carbocycles. The van der Waals surface area contributed by atoms with Crippen LogP contribution < -0.4 is 9.92 Å². The Hall–Kier alpha value is -0.0331. The number of hydrogen-bond donors (Lipinski definition) is 0. The van der Waals surface area contributed by atoms with Crippen molar-refractivity contribution in [2.45, 2.75) is 6.92 Å². The molecule has 0 aliphatic rings. The lowest BCUT2D eigenvalue weighted by atomic mass is 10.3. The number of hydrogen-bond acceptors (Lipinski definition) is 1. The van der Waals surface area contributed by atoms with E-state index in [1.54, 1.807) is 0 Å². The highest BCUT2D eigenvalue weighted by Gasteiger charge is 2.00. The Balaban J connectivity index is 2.96. The zero-order chi connectivity index (χ0) is 8.27. The Kier molecular flexibility index (Phi) is 3.38. The first kappa shape index (κ1) is 9.06. The highest BCUT2D eigenvalue weighted by atomic mass is 127. The normalized spacial score (nSPS) is 9.73. The van der Waals surface area contributed by atoms with Crippen molar-refractivity contribution < 1.29 is 4.74 Å². The second-order valence-corrected chi connectivity index (χ2v) is 3.67. The summed E-state index contributed by atoms with van der Waals surface area (Å²) in [7, 11) is 3.48. The fraction of sp³-hybridized carbons (Fsp3) is 0.250. The van der Waals surface area contributed by atoms with Crippen LogP contribution in [0.3, 0.4) is 0 Å². The van der Waals surface area contributed by atoms with Gasteiger partial charge < -0.3 is 4.74 Å². The van der Waals surface area contributed by atoms with E-state index < -0.39 is 0 Å². The zero-order valence-electron chi connectivity index (χ0n) is 6.23. The van der Waals surface area contributed by atoms with E-state index in [1.165, 1.54) is 0 Å². The molecule has 1 aromatic rings. The van der Waals surface area contributed by atoms with E-state index in [-0.39, 0.29) is 0 Å². The Morgan fingerprint density at radius 3 is 2.91 bits per heavy atom. The van der Waals surface area contributed by atoms with Gasteiger partial charge in [-0.1, -0.05) is 17.3 Å². The maximum atomic E-state index is 5.38. The lowest BCUT2D eigenvalue weighted by Gasteiger charge is -2.06. The van der Waals surface area contributed by atoms with Gasteiger partial charge in [-0.3, -0.25) is 0 Å². The van der Waals surface area contributed by atoms with Crippen LogP contribution in [0.15, 0.2) is 18.2 Å². The molecule has 0 amide bonds. The van der Waals surface area contributed by atoms with E-state index in [0.29, 0.717) is 6.61 Å². The average molecular weight is 275 g/mol. The first-order valence-corrected chi connectivity index (χ1v) is 4.96. The number of benzene rings is 1. The first-order valence-electron chi connectivity index (χ1n) is 3.38. The van der Waals surface area contributed by atoms with Crippen molar-refractivity contribution in [3.05, 3.63) is 21.8 Å². The van der Waals surface area contributed by atoms with Crippen molar-refractivity contribution in [1.82, 2.24) is 0 Å². The van der Waals surface area contributed by atoms with E-state index in [9.17, 15) is 0 Å². The van der Waals surface area contributed by atoms with Crippen LogP contribution in [0, 0.1) is 3.57 Å². The Morgan fingerprint density at radius 1 is 1.55 bits per heavy atom. The van der Waals surface area contributed by atoms with E-state index in [2.05, 4.69) is 32.8 Å². The maximum absolute atomic E-state index is 5.38. The minimum Gasteiger partial charge on any atom is -0.493 e. The summed E-state index contributed by atoms with van der Waals surface area (Å²) in [6, 6.07) is 5.94. The molecule has 57 valence electrons. The third-order valence-corrected chi connectivity index (χ3v) is 3.30. The molecule has 1 rings (SSSR count). The molecule has 3 heteroatoms. The molecule has 0 atom stereocenters. The highest BCUT2D eigenvalue weighted by molar-refractivity contribution is 14.1. The standard InChI is InChI=1S/C8H8IOSi/c1-2-10-6-4-3-5-7(11)8(6)9/h3-5H,2H2,1H3. The average Bonchev–Trinajstić information content (AvgIpc) is 1.99. The van der Waals surface area contributed by atoms with Crippen LogP contribution in [0.5, 0.6) is 5.75 Å². The minimum atomic E-state index is 0.714. The van der Waals surface area contributed by atoms with Crippen molar-refractivity contribution in [1.29, 1.82) is 0 Å². The van der Waals surface area contributed by atoms with Crippen LogP contribution in [-0.2, 0) is 0 Å². The number of rotatable bonds is 2. The third-order valence-electron chi connectivity index (χ3n) is 1.26. The molecule has 0 N–H and O–H groups in total. The van der Waals surface area contributed by atoms with Crippen molar-refractivity contribution >= 4 is 38.0 Å². The van der Waals surface area contributed by atoms with Gasteiger partial charge in [-0.2, -0.15) is 0 Å². The van der Waals surface area contributed by atoms with E-state index in [1.807, 2.05) is 25.1 Å². The summed E-state index contributed by atoms with van der Waals surface area (Å²) in [6.07, 6.45) is 0. The van der Waals surface area contributed by atoms with E-state index in [4.69, 9.17) is 4.74 Å². The monoisotopic (exact) mass is 275 g/mol. The summed E-state index contributed by atoms with van der Waals surface area (Å²) in [5, 5.41) is 1.08. The van der Waals surface area contributed by atoms with Crippen LogP contribution in [-0.4, -0.2) is 16.8 Å². The van der Waals surface area contributed by atoms with Gasteiger partial charge in [0.2, 0.25) is 0 Å². The van der Waals surface area contributed by atoms with Crippen LogP contribution >= 0.6 is 22.6 Å². The van der Waals surface area contributed by atoms with Gasteiger partial charge in [-0.25, -0.2) is 0 Å². The van der Waals surface area contributed by atoms with Crippen LogP contribution in [0.1, 0.15) is 6.92 Å². The summed E-state index contributed by atoms with van der Waals surface area (Å²) in [5.41, 5.74) is 0. The smallest absolute Gasteiger partial charge is 0.132 e. The molecule has 1 nitrogen and oxygen atoms in total. The van der Waals surface area contributed by atoms with Crippen LogP contribution in [0.4, 0.5) is 0 Å². The lowest BCUT2D eigenvalue weighted by Crippen LogP contribution is -2.08. The fourth-order valence-electron chi connectivity index (χ4n) is 0.778. The molecule has 0 fully saturated rings. The molecule has 0 aromatic heterocycles. The van der Waals surface area contributed by atoms with Crippen molar-refractivity contribution in [2.75, 3.05) is 6.61 Å². The molecule has 0 saturated heterocycles. The quantitative estimate of drug-likeness (QED) is 0.587. The molecular formula is C8H8IOSi. The molecule has 0 aliphatic carbocycles. The molecule has 0 bridgehead atoms. The van der Waals surface area contributed by atoms with Gasteiger partial charge in [0.1, 0.15) is 5.75 Å². The number of ether oxygens (including phenoxy) is 1. The second kappa shape index (κ2) is 4.11. The van der Waals surface area contributed by atoms with Gasteiger partial charge in [0.15, 0.2) is 0 Å². The van der Waals surface area contributed by atoms with Gasteiger partial charge in [-0.15, -0.1) is 0 Å². The van der Waals surface area contributed by atoms with Crippen LogP contribution in [0.25, 0.3) is 0 Å². The number of halogens is 1. The van der Waals surface area contributed by atoms with Gasteiger partial charge in [-0.05, 0) is 35.6 Å². The summed E-state index contributed by atoms with van der Waals surface area (Å²) < 4.78 is 6.51. The minimum absolute atomic E-state index is 0.714. The fourth-order valence-corrected chi connectivity index (χ4v) is 1.51. The Labute approximate surface area is 83.7 Å². The first-order chi connectivity index (χ1) is 5.25. The van der Waals surface area contributed by atoms with Gasteiger partial charge >= 0.3 is 0 Å². The SMILES string of the molecule is CCOc1cccc([Si])c1I. The lowest BCUT2D eigenvalue weighted by molar-refractivity contribution is 0.338. The molecule has 11 heavy (non-hydrogen) atoms. The van der Waals surface area contributed by atoms with Crippen molar-refractivity contribution in [2.24, 2.45) is 0 Å². The molecule has 0 spiro atoms. The Bertz CT molecular complexity index is 250. The van der Waals surface area contributed by atoms with Crippen molar-refractivity contribution in [3.8, 4) is 5.75 Å². The predicted molar refractivity (Wildman–Crippen MR) is 55.7 cm³/mol. The molecule has 1 aromatic carbocycles. The molecule has 0 aliphatic heterocycles. The molecular weight excluding hydrogens is 267 g/mol. The largest absolute Gasteiger partial charge is 0.493 e. The maximum Gasteiger partial charge on any atom is 0.132 e. The Morgan fingerprint density at radius 2 is 2.27 bits per heavy atom. The third kappa shape index (κ3) is 2.20. The van der Waals surface area contributed by atoms with Gasteiger partial charge in [0.25, 0.3) is 0 Å². The van der Waals surface area contributed by atoms with Crippen molar-refractivity contribution in [3.63, 3.8) is 0 Å². The zero-order valence-corrected chi connectivity index (χ0v) is 9.38. The predicted octanol–water partition coefficient (Wildman–Crippen LogP) is 1.48. The van der Waals surface area contributed by atoms with E-state index in [0.717, 1.165) is 14.5 Å². The highest BCUT2D eigenvalue weighted by Crippen LogP contribution is 2.17. The summed E-state index contributed by atoms with van der Waals surface area (Å²) >= 11 is 2.25. The summed E-state index contributed by atoms with van der Waals surface area (Å²) in [4.78, 5) is 0.